The summed E-state index contributed by atoms with van der Waals surface area (Å²) in [5, 5.41) is 11.7. The molecule has 0 aliphatic heterocycles. The van der Waals surface area contributed by atoms with Gasteiger partial charge in [-0.25, -0.2) is 4.39 Å². The number of ether oxygens (including phenoxy) is 1. The first-order chi connectivity index (χ1) is 9.65. The molecule has 0 aromatic heterocycles. The van der Waals surface area contributed by atoms with Gasteiger partial charge in [0, 0.05) is 26.7 Å². The SMILES string of the molecule is COCCN(CCO)CC(=O)NCc1ccc(F)cc1. The van der Waals surface area contributed by atoms with Crippen LogP contribution < -0.4 is 5.32 Å². The summed E-state index contributed by atoms with van der Waals surface area (Å²) in [6.45, 7) is 2.07. The van der Waals surface area contributed by atoms with Crippen molar-refractivity contribution >= 4 is 5.91 Å². The molecular weight excluding hydrogens is 263 g/mol. The first-order valence-electron chi connectivity index (χ1n) is 6.49. The van der Waals surface area contributed by atoms with E-state index in [1.54, 1.807) is 19.2 Å². The van der Waals surface area contributed by atoms with Crippen LogP contribution in [0.15, 0.2) is 24.3 Å². The molecule has 1 aromatic carbocycles. The van der Waals surface area contributed by atoms with E-state index in [9.17, 15) is 9.18 Å². The van der Waals surface area contributed by atoms with Crippen molar-refractivity contribution in [3.05, 3.63) is 35.6 Å². The molecule has 0 saturated carbocycles. The third-order valence-corrected chi connectivity index (χ3v) is 2.80. The molecule has 2 N–H and O–H groups in total. The summed E-state index contributed by atoms with van der Waals surface area (Å²) < 4.78 is 17.7. The third kappa shape index (κ3) is 6.60. The lowest BCUT2D eigenvalue weighted by atomic mass is 10.2. The van der Waals surface area contributed by atoms with Crippen LogP contribution in [0, 0.1) is 5.82 Å². The van der Waals surface area contributed by atoms with Gasteiger partial charge >= 0.3 is 0 Å². The molecule has 5 nitrogen and oxygen atoms in total. The third-order valence-electron chi connectivity index (χ3n) is 2.80. The first-order valence-corrected chi connectivity index (χ1v) is 6.49. The van der Waals surface area contributed by atoms with Gasteiger partial charge < -0.3 is 15.2 Å². The summed E-state index contributed by atoms with van der Waals surface area (Å²) in [6, 6.07) is 5.98. The standard InChI is InChI=1S/C14H21FN2O3/c1-20-9-7-17(6-8-18)11-14(19)16-10-12-2-4-13(15)5-3-12/h2-5,18H,6-11H2,1H3,(H,16,19). The summed E-state index contributed by atoms with van der Waals surface area (Å²) in [4.78, 5) is 13.6. The van der Waals surface area contributed by atoms with Crippen LogP contribution in [-0.4, -0.2) is 55.9 Å². The minimum Gasteiger partial charge on any atom is -0.395 e. The predicted molar refractivity (Wildman–Crippen MR) is 73.6 cm³/mol. The van der Waals surface area contributed by atoms with Gasteiger partial charge in [0.2, 0.25) is 5.91 Å². The molecule has 0 bridgehead atoms. The smallest absolute Gasteiger partial charge is 0.234 e. The van der Waals surface area contributed by atoms with Crippen molar-refractivity contribution in [2.45, 2.75) is 6.54 Å². The fourth-order valence-electron chi connectivity index (χ4n) is 1.69. The van der Waals surface area contributed by atoms with Crippen LogP contribution in [0.5, 0.6) is 0 Å². The number of methoxy groups -OCH3 is 1. The molecule has 0 atom stereocenters. The molecule has 1 amide bonds. The summed E-state index contributed by atoms with van der Waals surface area (Å²) in [6.07, 6.45) is 0. The van der Waals surface area contributed by atoms with Crippen LogP contribution in [-0.2, 0) is 16.1 Å². The second kappa shape index (κ2) is 9.41. The normalized spacial score (nSPS) is 10.8. The van der Waals surface area contributed by atoms with Crippen LogP contribution in [0.2, 0.25) is 0 Å². The molecular formula is C14H21FN2O3. The summed E-state index contributed by atoms with van der Waals surface area (Å²) in [7, 11) is 1.59. The maximum absolute atomic E-state index is 12.7. The van der Waals surface area contributed by atoms with E-state index in [1.165, 1.54) is 12.1 Å². The molecule has 20 heavy (non-hydrogen) atoms. The average molecular weight is 284 g/mol. The summed E-state index contributed by atoms with van der Waals surface area (Å²) in [5.41, 5.74) is 0.838. The Bertz CT molecular complexity index is 398. The minimum absolute atomic E-state index is 0.00500. The zero-order chi connectivity index (χ0) is 14.8. The highest BCUT2D eigenvalue weighted by molar-refractivity contribution is 5.78. The fraction of sp³-hybridized carbons (Fsp3) is 0.500. The van der Waals surface area contributed by atoms with E-state index in [4.69, 9.17) is 9.84 Å². The molecule has 0 heterocycles. The Morgan fingerprint density at radius 3 is 2.65 bits per heavy atom. The second-order valence-corrected chi connectivity index (χ2v) is 4.40. The van der Waals surface area contributed by atoms with Gasteiger partial charge in [-0.2, -0.15) is 0 Å². The van der Waals surface area contributed by atoms with Gasteiger partial charge in [-0.3, -0.25) is 9.69 Å². The van der Waals surface area contributed by atoms with E-state index in [2.05, 4.69) is 5.32 Å². The molecule has 112 valence electrons. The average Bonchev–Trinajstić information content (AvgIpc) is 2.44. The maximum atomic E-state index is 12.7. The number of rotatable bonds is 9. The molecule has 0 saturated heterocycles. The van der Waals surface area contributed by atoms with E-state index in [0.29, 0.717) is 26.2 Å². The molecule has 6 heteroatoms. The lowest BCUT2D eigenvalue weighted by molar-refractivity contribution is -0.122. The van der Waals surface area contributed by atoms with E-state index < -0.39 is 0 Å². The van der Waals surface area contributed by atoms with Crippen molar-refractivity contribution < 1.29 is 19.0 Å². The number of hydrogen-bond acceptors (Lipinski definition) is 4. The monoisotopic (exact) mass is 284 g/mol. The van der Waals surface area contributed by atoms with Crippen LogP contribution in [0.4, 0.5) is 4.39 Å². The van der Waals surface area contributed by atoms with Crippen molar-refractivity contribution in [1.82, 2.24) is 10.2 Å². The number of nitrogens with one attached hydrogen (secondary N) is 1. The Labute approximate surface area is 118 Å². The Morgan fingerprint density at radius 1 is 1.35 bits per heavy atom. The molecule has 0 aliphatic carbocycles. The Balaban J connectivity index is 2.35. The number of hydrogen-bond donors (Lipinski definition) is 2. The highest BCUT2D eigenvalue weighted by Gasteiger charge is 2.09. The van der Waals surface area contributed by atoms with E-state index in [-0.39, 0.29) is 24.9 Å². The first kappa shape index (κ1) is 16.6. The van der Waals surface area contributed by atoms with Gasteiger partial charge in [0.1, 0.15) is 5.82 Å². The quantitative estimate of drug-likeness (QED) is 0.688. The second-order valence-electron chi connectivity index (χ2n) is 4.40. The van der Waals surface area contributed by atoms with Gasteiger partial charge in [0.05, 0.1) is 19.8 Å². The van der Waals surface area contributed by atoms with Crippen molar-refractivity contribution in [3.63, 3.8) is 0 Å². The van der Waals surface area contributed by atoms with E-state index in [0.717, 1.165) is 5.56 Å². The van der Waals surface area contributed by atoms with Crippen molar-refractivity contribution in [2.75, 3.05) is 40.0 Å². The number of carbonyl (C=O) groups is 1. The van der Waals surface area contributed by atoms with Crippen molar-refractivity contribution in [1.29, 1.82) is 0 Å². The lowest BCUT2D eigenvalue weighted by Crippen LogP contribution is -2.39. The van der Waals surface area contributed by atoms with Gasteiger partial charge in [-0.1, -0.05) is 12.1 Å². The predicted octanol–water partition coefficient (Wildman–Crippen LogP) is 0.383. The number of aliphatic hydroxyl groups excluding tert-OH is 1. The van der Waals surface area contributed by atoms with E-state index >= 15 is 0 Å². The molecule has 0 unspecified atom stereocenters. The number of benzene rings is 1. The van der Waals surface area contributed by atoms with Crippen molar-refractivity contribution in [3.8, 4) is 0 Å². The highest BCUT2D eigenvalue weighted by atomic mass is 19.1. The largest absolute Gasteiger partial charge is 0.395 e. The van der Waals surface area contributed by atoms with Crippen LogP contribution in [0.1, 0.15) is 5.56 Å². The number of amides is 1. The zero-order valence-corrected chi connectivity index (χ0v) is 11.6. The molecule has 1 aromatic rings. The van der Waals surface area contributed by atoms with Crippen LogP contribution in [0.25, 0.3) is 0 Å². The van der Waals surface area contributed by atoms with Crippen LogP contribution in [0.3, 0.4) is 0 Å². The summed E-state index contributed by atoms with van der Waals surface area (Å²) in [5.74, 6) is -0.437. The minimum atomic E-state index is -0.297. The number of nitrogens with zero attached hydrogens (tertiary/aromatic N) is 1. The fourth-order valence-corrected chi connectivity index (χ4v) is 1.69. The molecule has 0 aliphatic rings. The van der Waals surface area contributed by atoms with E-state index in [1.807, 2.05) is 4.90 Å². The van der Waals surface area contributed by atoms with Crippen molar-refractivity contribution in [2.24, 2.45) is 0 Å². The summed E-state index contributed by atoms with van der Waals surface area (Å²) >= 11 is 0. The molecule has 0 fully saturated rings. The van der Waals surface area contributed by atoms with Gasteiger partial charge in [-0.15, -0.1) is 0 Å². The highest BCUT2D eigenvalue weighted by Crippen LogP contribution is 2.02. The topological polar surface area (TPSA) is 61.8 Å². The lowest BCUT2D eigenvalue weighted by Gasteiger charge is -2.20. The molecule has 1 rings (SSSR count). The zero-order valence-electron chi connectivity index (χ0n) is 11.6. The van der Waals surface area contributed by atoms with Crippen LogP contribution >= 0.6 is 0 Å². The number of halogens is 1. The Kier molecular flexibility index (Phi) is 7.79. The molecule has 0 spiro atoms. The number of aliphatic hydroxyl groups is 1. The number of carbonyl (C=O) groups excluding carboxylic acids is 1. The van der Waals surface area contributed by atoms with Gasteiger partial charge in [0.25, 0.3) is 0 Å². The molecule has 0 radical (unpaired) electrons. The van der Waals surface area contributed by atoms with Gasteiger partial charge in [-0.05, 0) is 17.7 Å². The van der Waals surface area contributed by atoms with Gasteiger partial charge in [0.15, 0.2) is 0 Å². The Hall–Kier alpha value is -1.50. The Morgan fingerprint density at radius 2 is 2.05 bits per heavy atom. The maximum Gasteiger partial charge on any atom is 0.234 e.